The standard InChI is InChI=1S/C20H24FNO4/c1-3-24-18-9-8-15(12-19(18)25-4-2)10-11-22-20(23)14-26-17-7-5-6-16(21)13-17/h5-9,12-13H,3-4,10-11,14H2,1-2H3,(H,22,23). The number of hydrogen-bond donors (Lipinski definition) is 1. The minimum Gasteiger partial charge on any atom is -0.490 e. The smallest absolute Gasteiger partial charge is 0.257 e. The first-order valence-corrected chi connectivity index (χ1v) is 8.66. The summed E-state index contributed by atoms with van der Waals surface area (Å²) in [4.78, 5) is 11.8. The van der Waals surface area contributed by atoms with Crippen molar-refractivity contribution in [1.29, 1.82) is 0 Å². The van der Waals surface area contributed by atoms with Gasteiger partial charge in [-0.1, -0.05) is 12.1 Å². The summed E-state index contributed by atoms with van der Waals surface area (Å²) in [6, 6.07) is 11.4. The molecule has 1 N–H and O–H groups in total. The number of nitrogens with one attached hydrogen (secondary N) is 1. The SMILES string of the molecule is CCOc1ccc(CCNC(=O)COc2cccc(F)c2)cc1OCC. The van der Waals surface area contributed by atoms with E-state index in [0.29, 0.717) is 43.4 Å². The third-order valence-corrected chi connectivity index (χ3v) is 3.51. The van der Waals surface area contributed by atoms with E-state index in [4.69, 9.17) is 14.2 Å². The number of amides is 1. The molecule has 2 rings (SSSR count). The van der Waals surface area contributed by atoms with Crippen LogP contribution in [0.3, 0.4) is 0 Å². The highest BCUT2D eigenvalue weighted by molar-refractivity contribution is 5.77. The molecule has 0 aliphatic carbocycles. The van der Waals surface area contributed by atoms with Gasteiger partial charge in [0.15, 0.2) is 18.1 Å². The molecule has 1 amide bonds. The van der Waals surface area contributed by atoms with Crippen molar-refractivity contribution in [2.75, 3.05) is 26.4 Å². The van der Waals surface area contributed by atoms with E-state index < -0.39 is 5.82 Å². The van der Waals surface area contributed by atoms with Crippen LogP contribution in [0.2, 0.25) is 0 Å². The first kappa shape index (κ1) is 19.6. The normalized spacial score (nSPS) is 10.3. The quantitative estimate of drug-likeness (QED) is 0.705. The molecule has 26 heavy (non-hydrogen) atoms. The van der Waals surface area contributed by atoms with Gasteiger partial charge in [-0.25, -0.2) is 4.39 Å². The number of benzene rings is 2. The third-order valence-electron chi connectivity index (χ3n) is 3.51. The molecule has 0 atom stereocenters. The zero-order valence-corrected chi connectivity index (χ0v) is 15.1. The van der Waals surface area contributed by atoms with Crippen LogP contribution in [-0.2, 0) is 11.2 Å². The molecule has 140 valence electrons. The van der Waals surface area contributed by atoms with Crippen molar-refractivity contribution >= 4 is 5.91 Å². The van der Waals surface area contributed by atoms with Crippen LogP contribution in [0.4, 0.5) is 4.39 Å². The topological polar surface area (TPSA) is 56.8 Å². The minimum atomic E-state index is -0.400. The van der Waals surface area contributed by atoms with Crippen molar-refractivity contribution in [3.05, 3.63) is 53.8 Å². The van der Waals surface area contributed by atoms with Gasteiger partial charge in [0.1, 0.15) is 11.6 Å². The lowest BCUT2D eigenvalue weighted by Crippen LogP contribution is -2.30. The molecule has 0 radical (unpaired) electrons. The highest BCUT2D eigenvalue weighted by Gasteiger charge is 2.07. The van der Waals surface area contributed by atoms with Gasteiger partial charge in [0.25, 0.3) is 5.91 Å². The van der Waals surface area contributed by atoms with Gasteiger partial charge in [-0.3, -0.25) is 4.79 Å². The van der Waals surface area contributed by atoms with E-state index in [0.717, 1.165) is 5.56 Å². The van der Waals surface area contributed by atoms with Gasteiger partial charge in [0, 0.05) is 12.6 Å². The summed E-state index contributed by atoms with van der Waals surface area (Å²) in [5, 5.41) is 2.78. The number of ether oxygens (including phenoxy) is 3. The fraction of sp³-hybridized carbons (Fsp3) is 0.350. The summed E-state index contributed by atoms with van der Waals surface area (Å²) < 4.78 is 29.4. The second-order valence-corrected chi connectivity index (χ2v) is 5.49. The van der Waals surface area contributed by atoms with Crippen molar-refractivity contribution in [2.45, 2.75) is 20.3 Å². The molecule has 0 saturated heterocycles. The van der Waals surface area contributed by atoms with Crippen molar-refractivity contribution in [3.63, 3.8) is 0 Å². The average molecular weight is 361 g/mol. The van der Waals surface area contributed by atoms with Crippen LogP contribution in [0.5, 0.6) is 17.2 Å². The maximum atomic E-state index is 13.0. The van der Waals surface area contributed by atoms with Crippen molar-refractivity contribution < 1.29 is 23.4 Å². The fourth-order valence-electron chi connectivity index (χ4n) is 2.35. The Kier molecular flexibility index (Phi) is 7.74. The van der Waals surface area contributed by atoms with Gasteiger partial charge < -0.3 is 19.5 Å². The Morgan fingerprint density at radius 2 is 1.77 bits per heavy atom. The molecule has 0 heterocycles. The highest BCUT2D eigenvalue weighted by atomic mass is 19.1. The fourth-order valence-corrected chi connectivity index (χ4v) is 2.35. The Morgan fingerprint density at radius 1 is 1.00 bits per heavy atom. The number of carbonyl (C=O) groups is 1. The molecule has 0 fully saturated rings. The van der Waals surface area contributed by atoms with Crippen LogP contribution in [0.1, 0.15) is 19.4 Å². The van der Waals surface area contributed by atoms with Crippen LogP contribution in [0.15, 0.2) is 42.5 Å². The minimum absolute atomic E-state index is 0.156. The maximum absolute atomic E-state index is 13.0. The largest absolute Gasteiger partial charge is 0.490 e. The van der Waals surface area contributed by atoms with E-state index in [9.17, 15) is 9.18 Å². The molecule has 6 heteroatoms. The van der Waals surface area contributed by atoms with E-state index in [1.165, 1.54) is 18.2 Å². The Hall–Kier alpha value is -2.76. The lowest BCUT2D eigenvalue weighted by atomic mass is 10.1. The van der Waals surface area contributed by atoms with E-state index in [1.54, 1.807) is 6.07 Å². The Bertz CT molecular complexity index is 721. The predicted octanol–water partition coefficient (Wildman–Crippen LogP) is 3.36. The molecule has 0 saturated carbocycles. The molecule has 0 aliphatic rings. The highest BCUT2D eigenvalue weighted by Crippen LogP contribution is 2.28. The summed E-state index contributed by atoms with van der Waals surface area (Å²) in [5.41, 5.74) is 1.03. The monoisotopic (exact) mass is 361 g/mol. The summed E-state index contributed by atoms with van der Waals surface area (Å²) in [6.07, 6.45) is 0.651. The Morgan fingerprint density at radius 3 is 2.50 bits per heavy atom. The molecular weight excluding hydrogens is 337 g/mol. The van der Waals surface area contributed by atoms with E-state index in [1.807, 2.05) is 32.0 Å². The zero-order chi connectivity index (χ0) is 18.8. The predicted molar refractivity (Wildman–Crippen MR) is 97.4 cm³/mol. The lowest BCUT2D eigenvalue weighted by molar-refractivity contribution is -0.123. The number of halogens is 1. The number of carbonyl (C=O) groups excluding carboxylic acids is 1. The van der Waals surface area contributed by atoms with Crippen LogP contribution in [0.25, 0.3) is 0 Å². The van der Waals surface area contributed by atoms with Crippen LogP contribution >= 0.6 is 0 Å². The van der Waals surface area contributed by atoms with Crippen molar-refractivity contribution in [3.8, 4) is 17.2 Å². The van der Waals surface area contributed by atoms with Gasteiger partial charge >= 0.3 is 0 Å². The van der Waals surface area contributed by atoms with Crippen LogP contribution < -0.4 is 19.5 Å². The molecule has 5 nitrogen and oxygen atoms in total. The Balaban J connectivity index is 1.79. The van der Waals surface area contributed by atoms with Gasteiger partial charge in [-0.05, 0) is 50.1 Å². The summed E-state index contributed by atoms with van der Waals surface area (Å²) in [5.74, 6) is 1.08. The molecule has 2 aromatic rings. The van der Waals surface area contributed by atoms with Gasteiger partial charge in [0.2, 0.25) is 0 Å². The van der Waals surface area contributed by atoms with Gasteiger partial charge in [-0.15, -0.1) is 0 Å². The molecule has 0 bridgehead atoms. The van der Waals surface area contributed by atoms with E-state index >= 15 is 0 Å². The van der Waals surface area contributed by atoms with E-state index in [2.05, 4.69) is 5.32 Å². The molecule has 0 aliphatic heterocycles. The van der Waals surface area contributed by atoms with Crippen molar-refractivity contribution in [1.82, 2.24) is 5.32 Å². The van der Waals surface area contributed by atoms with Crippen LogP contribution in [-0.4, -0.2) is 32.3 Å². The number of rotatable bonds is 10. The average Bonchev–Trinajstić information content (AvgIpc) is 2.62. The van der Waals surface area contributed by atoms with E-state index in [-0.39, 0.29) is 12.5 Å². The van der Waals surface area contributed by atoms with Gasteiger partial charge in [0.05, 0.1) is 13.2 Å². The zero-order valence-electron chi connectivity index (χ0n) is 15.1. The molecular formula is C20H24FNO4. The summed E-state index contributed by atoms with van der Waals surface area (Å²) in [6.45, 7) is 5.27. The number of hydrogen-bond acceptors (Lipinski definition) is 4. The first-order valence-electron chi connectivity index (χ1n) is 8.66. The third kappa shape index (κ3) is 6.27. The molecule has 2 aromatic carbocycles. The lowest BCUT2D eigenvalue weighted by Gasteiger charge is -2.13. The molecule has 0 aromatic heterocycles. The Labute approximate surface area is 153 Å². The molecule has 0 unspecified atom stereocenters. The van der Waals surface area contributed by atoms with Crippen LogP contribution in [0, 0.1) is 5.82 Å². The summed E-state index contributed by atoms with van der Waals surface area (Å²) >= 11 is 0. The van der Waals surface area contributed by atoms with Crippen molar-refractivity contribution in [2.24, 2.45) is 0 Å². The second kappa shape index (κ2) is 10.3. The summed E-state index contributed by atoms with van der Waals surface area (Å²) in [7, 11) is 0. The maximum Gasteiger partial charge on any atom is 0.257 e. The first-order chi connectivity index (χ1) is 12.6. The van der Waals surface area contributed by atoms with Gasteiger partial charge in [-0.2, -0.15) is 0 Å². The second-order valence-electron chi connectivity index (χ2n) is 5.49. The molecule has 0 spiro atoms.